The fraction of sp³-hybridized carbons (Fsp3) is 0.600. The van der Waals surface area contributed by atoms with Crippen molar-refractivity contribution in [3.05, 3.63) is 29.8 Å². The number of ether oxygens (including phenoxy) is 1. The van der Waals surface area contributed by atoms with Gasteiger partial charge in [-0.3, -0.25) is 0 Å². The molecule has 0 aromatic heterocycles. The van der Waals surface area contributed by atoms with Crippen LogP contribution in [0.2, 0.25) is 0 Å². The van der Waals surface area contributed by atoms with Gasteiger partial charge in [-0.1, -0.05) is 25.0 Å². The highest BCUT2D eigenvalue weighted by atomic mass is 16.5. The Morgan fingerprint density at radius 2 is 2.12 bits per heavy atom. The first kappa shape index (κ1) is 12.4. The molecule has 0 saturated heterocycles. The first-order valence-electron chi connectivity index (χ1n) is 6.67. The molecule has 0 spiro atoms. The summed E-state index contributed by atoms with van der Waals surface area (Å²) in [7, 11) is 1.72. The molecule has 2 nitrogen and oxygen atoms in total. The molecular formula is C15H23NO. The summed E-state index contributed by atoms with van der Waals surface area (Å²) in [6, 6.07) is 9.66. The van der Waals surface area contributed by atoms with Gasteiger partial charge in [0.05, 0.1) is 7.11 Å². The molecule has 0 aliphatic heterocycles. The second-order valence-electron chi connectivity index (χ2n) is 5.10. The molecule has 1 saturated carbocycles. The first-order valence-corrected chi connectivity index (χ1v) is 6.67. The normalized spacial score (nSPS) is 18.2. The van der Waals surface area contributed by atoms with E-state index in [2.05, 4.69) is 30.4 Å². The van der Waals surface area contributed by atoms with Crippen molar-refractivity contribution in [3.63, 3.8) is 0 Å². The SMILES string of the molecule is COc1cccc(CC(C)NC2CCCC2)c1. The van der Waals surface area contributed by atoms with Crippen molar-refractivity contribution in [2.24, 2.45) is 0 Å². The summed E-state index contributed by atoms with van der Waals surface area (Å²) in [4.78, 5) is 0. The Morgan fingerprint density at radius 1 is 1.35 bits per heavy atom. The van der Waals surface area contributed by atoms with Crippen LogP contribution in [0.1, 0.15) is 38.2 Å². The van der Waals surface area contributed by atoms with Crippen LogP contribution in [0, 0.1) is 0 Å². The predicted octanol–water partition coefficient (Wildman–Crippen LogP) is 3.16. The van der Waals surface area contributed by atoms with Crippen molar-refractivity contribution < 1.29 is 4.74 Å². The van der Waals surface area contributed by atoms with Crippen LogP contribution in [-0.4, -0.2) is 19.2 Å². The molecule has 1 aromatic rings. The molecule has 2 rings (SSSR count). The summed E-state index contributed by atoms with van der Waals surface area (Å²) in [6.07, 6.45) is 6.56. The Morgan fingerprint density at radius 3 is 2.82 bits per heavy atom. The van der Waals surface area contributed by atoms with Crippen LogP contribution in [0.3, 0.4) is 0 Å². The molecule has 1 N–H and O–H groups in total. The molecule has 1 fully saturated rings. The summed E-state index contributed by atoms with van der Waals surface area (Å²) >= 11 is 0. The minimum absolute atomic E-state index is 0.546. The Labute approximate surface area is 104 Å². The van der Waals surface area contributed by atoms with Gasteiger partial charge in [0, 0.05) is 12.1 Å². The van der Waals surface area contributed by atoms with Gasteiger partial charge in [-0.05, 0) is 43.9 Å². The molecule has 0 radical (unpaired) electrons. The van der Waals surface area contributed by atoms with Gasteiger partial charge in [-0.25, -0.2) is 0 Å². The average Bonchev–Trinajstić information content (AvgIpc) is 2.82. The fourth-order valence-electron chi connectivity index (χ4n) is 2.71. The standard InChI is InChI=1S/C15H23NO/c1-12(16-14-7-3-4-8-14)10-13-6-5-9-15(11-13)17-2/h5-6,9,11-12,14,16H,3-4,7-8,10H2,1-2H3. The summed E-state index contributed by atoms with van der Waals surface area (Å²) < 4.78 is 5.25. The second-order valence-corrected chi connectivity index (χ2v) is 5.10. The van der Waals surface area contributed by atoms with Crippen molar-refractivity contribution in [2.75, 3.05) is 7.11 Å². The van der Waals surface area contributed by atoms with Gasteiger partial charge in [-0.2, -0.15) is 0 Å². The molecule has 1 aliphatic rings. The largest absolute Gasteiger partial charge is 0.497 e. The van der Waals surface area contributed by atoms with Gasteiger partial charge in [0.25, 0.3) is 0 Å². The summed E-state index contributed by atoms with van der Waals surface area (Å²) in [5.74, 6) is 0.954. The Balaban J connectivity index is 1.85. The van der Waals surface area contributed by atoms with Crippen LogP contribution in [0.5, 0.6) is 5.75 Å². The molecule has 0 bridgehead atoms. The maximum atomic E-state index is 5.25. The van der Waals surface area contributed by atoms with E-state index in [-0.39, 0.29) is 0 Å². The molecule has 0 amide bonds. The molecule has 1 unspecified atom stereocenters. The monoisotopic (exact) mass is 233 g/mol. The number of hydrogen-bond donors (Lipinski definition) is 1. The van der Waals surface area contributed by atoms with Crippen molar-refractivity contribution in [3.8, 4) is 5.75 Å². The number of rotatable bonds is 5. The van der Waals surface area contributed by atoms with E-state index in [1.807, 2.05) is 6.07 Å². The van der Waals surface area contributed by atoms with E-state index >= 15 is 0 Å². The Kier molecular flexibility index (Phi) is 4.43. The molecule has 1 atom stereocenters. The number of methoxy groups -OCH3 is 1. The lowest BCUT2D eigenvalue weighted by Gasteiger charge is -2.19. The van der Waals surface area contributed by atoms with Crippen molar-refractivity contribution in [2.45, 2.75) is 51.1 Å². The third kappa shape index (κ3) is 3.74. The van der Waals surface area contributed by atoms with Gasteiger partial charge < -0.3 is 10.1 Å². The van der Waals surface area contributed by atoms with Gasteiger partial charge in [-0.15, -0.1) is 0 Å². The van der Waals surface area contributed by atoms with Gasteiger partial charge in [0.1, 0.15) is 5.75 Å². The van der Waals surface area contributed by atoms with Crippen LogP contribution in [0.25, 0.3) is 0 Å². The van der Waals surface area contributed by atoms with Crippen LogP contribution in [0.4, 0.5) is 0 Å². The van der Waals surface area contributed by atoms with Gasteiger partial charge >= 0.3 is 0 Å². The van der Waals surface area contributed by atoms with Crippen LogP contribution in [-0.2, 0) is 6.42 Å². The molecule has 0 heterocycles. The third-order valence-corrected chi connectivity index (χ3v) is 3.55. The van der Waals surface area contributed by atoms with Gasteiger partial charge in [0.2, 0.25) is 0 Å². The topological polar surface area (TPSA) is 21.3 Å². The van der Waals surface area contributed by atoms with E-state index in [0.717, 1.165) is 18.2 Å². The van der Waals surface area contributed by atoms with Crippen LogP contribution >= 0.6 is 0 Å². The average molecular weight is 233 g/mol. The molecule has 2 heteroatoms. The minimum atomic E-state index is 0.546. The molecule has 17 heavy (non-hydrogen) atoms. The third-order valence-electron chi connectivity index (χ3n) is 3.55. The van der Waals surface area contributed by atoms with E-state index < -0.39 is 0 Å². The quantitative estimate of drug-likeness (QED) is 0.843. The molecule has 1 aliphatic carbocycles. The lowest BCUT2D eigenvalue weighted by molar-refractivity contribution is 0.413. The zero-order valence-corrected chi connectivity index (χ0v) is 10.9. The number of benzene rings is 1. The summed E-state index contributed by atoms with van der Waals surface area (Å²) in [6.45, 7) is 2.28. The molecule has 1 aromatic carbocycles. The zero-order valence-electron chi connectivity index (χ0n) is 10.9. The molecule has 94 valence electrons. The maximum absolute atomic E-state index is 5.25. The minimum Gasteiger partial charge on any atom is -0.497 e. The van der Waals surface area contributed by atoms with E-state index in [1.54, 1.807) is 7.11 Å². The highest BCUT2D eigenvalue weighted by molar-refractivity contribution is 5.28. The number of nitrogens with one attached hydrogen (secondary N) is 1. The Hall–Kier alpha value is -1.02. The highest BCUT2D eigenvalue weighted by Crippen LogP contribution is 2.19. The van der Waals surface area contributed by atoms with E-state index in [4.69, 9.17) is 4.74 Å². The zero-order chi connectivity index (χ0) is 12.1. The first-order chi connectivity index (χ1) is 8.28. The van der Waals surface area contributed by atoms with E-state index in [1.165, 1.54) is 31.2 Å². The van der Waals surface area contributed by atoms with E-state index in [9.17, 15) is 0 Å². The van der Waals surface area contributed by atoms with Crippen molar-refractivity contribution in [1.82, 2.24) is 5.32 Å². The lowest BCUT2D eigenvalue weighted by atomic mass is 10.1. The van der Waals surface area contributed by atoms with E-state index in [0.29, 0.717) is 6.04 Å². The Bertz CT molecular complexity index is 345. The van der Waals surface area contributed by atoms with Crippen molar-refractivity contribution >= 4 is 0 Å². The fourth-order valence-corrected chi connectivity index (χ4v) is 2.71. The van der Waals surface area contributed by atoms with Crippen LogP contribution in [0.15, 0.2) is 24.3 Å². The van der Waals surface area contributed by atoms with Gasteiger partial charge in [0.15, 0.2) is 0 Å². The number of hydrogen-bond acceptors (Lipinski definition) is 2. The highest BCUT2D eigenvalue weighted by Gasteiger charge is 2.16. The predicted molar refractivity (Wildman–Crippen MR) is 71.6 cm³/mol. The summed E-state index contributed by atoms with van der Waals surface area (Å²) in [5.41, 5.74) is 1.35. The second kappa shape index (κ2) is 6.06. The smallest absolute Gasteiger partial charge is 0.119 e. The molecular weight excluding hydrogens is 210 g/mol. The summed E-state index contributed by atoms with van der Waals surface area (Å²) in [5, 5.41) is 3.72. The van der Waals surface area contributed by atoms with Crippen LogP contribution < -0.4 is 10.1 Å². The lowest BCUT2D eigenvalue weighted by Crippen LogP contribution is -2.35. The maximum Gasteiger partial charge on any atom is 0.119 e. The van der Waals surface area contributed by atoms with Crippen molar-refractivity contribution in [1.29, 1.82) is 0 Å².